The summed E-state index contributed by atoms with van der Waals surface area (Å²) in [5, 5.41) is 7.56. The minimum absolute atomic E-state index is 0.142. The number of carbonyl (C=O) groups excluding carboxylic acids is 1. The summed E-state index contributed by atoms with van der Waals surface area (Å²) >= 11 is 0. The smallest absolute Gasteiger partial charge is 0.244 e. The molecule has 2 heterocycles. The van der Waals surface area contributed by atoms with Gasteiger partial charge in [-0.25, -0.2) is 0 Å². The highest BCUT2D eigenvalue weighted by molar-refractivity contribution is 5.88. The zero-order chi connectivity index (χ0) is 8.72. The van der Waals surface area contributed by atoms with Crippen LogP contribution in [0.2, 0.25) is 0 Å². The van der Waals surface area contributed by atoms with Crippen LogP contribution in [0.25, 0.3) is 11.1 Å². The summed E-state index contributed by atoms with van der Waals surface area (Å²) in [6.07, 6.45) is 1.48. The minimum atomic E-state index is -0.142. The topological polar surface area (TPSA) is 60.9 Å². The molecule has 0 bridgehead atoms. The summed E-state index contributed by atoms with van der Waals surface area (Å²) in [4.78, 5) is 11.0. The van der Waals surface area contributed by atoms with Gasteiger partial charge in [-0.2, -0.15) is 9.78 Å². The molecule has 0 atom stereocenters. The molecule has 2 aromatic heterocycles. The fraction of sp³-hybridized carbons (Fsp3) is 0.286. The molecule has 0 amide bonds. The highest BCUT2D eigenvalue weighted by atomic mass is 16.5. The lowest BCUT2D eigenvalue weighted by atomic mass is 10.4. The van der Waals surface area contributed by atoms with Crippen LogP contribution in [0.1, 0.15) is 17.4 Å². The highest BCUT2D eigenvalue weighted by Gasteiger charge is 2.12. The maximum Gasteiger partial charge on any atom is 0.244 e. The monoisotopic (exact) mass is 165 g/mol. The molecule has 0 aromatic carbocycles. The fourth-order valence-electron chi connectivity index (χ4n) is 1.13. The number of aryl methyl sites for hydroxylation is 1. The summed E-state index contributed by atoms with van der Waals surface area (Å²) in [6.45, 7) is 3.21. The van der Waals surface area contributed by atoms with Gasteiger partial charge in [-0.05, 0) is 6.92 Å². The Bertz CT molecular complexity index is 440. The third-order valence-corrected chi connectivity index (χ3v) is 1.66. The van der Waals surface area contributed by atoms with Gasteiger partial charge in [-0.15, -0.1) is 0 Å². The largest absolute Gasteiger partial charge is 0.353 e. The molecule has 0 N–H and O–H groups in total. The molecule has 12 heavy (non-hydrogen) atoms. The summed E-state index contributed by atoms with van der Waals surface area (Å²) in [6, 6.07) is 0. The lowest BCUT2D eigenvalue weighted by Crippen LogP contribution is -2.07. The van der Waals surface area contributed by atoms with Crippen molar-refractivity contribution >= 4 is 17.0 Å². The molecule has 0 saturated carbocycles. The van der Waals surface area contributed by atoms with Crippen molar-refractivity contribution < 1.29 is 9.32 Å². The van der Waals surface area contributed by atoms with Crippen molar-refractivity contribution in [3.8, 4) is 0 Å². The standard InChI is InChI=1S/C7H7N3O2/c1-4-7-6(12-9-4)3-8-10(7)5(2)11/h3H,1-2H3. The number of aromatic nitrogens is 3. The first kappa shape index (κ1) is 7.02. The van der Waals surface area contributed by atoms with Gasteiger partial charge in [0.15, 0.2) is 0 Å². The van der Waals surface area contributed by atoms with Gasteiger partial charge in [-0.1, -0.05) is 5.16 Å². The molecule has 0 aliphatic carbocycles. The number of hydrogen-bond acceptors (Lipinski definition) is 4. The molecule has 5 heteroatoms. The van der Waals surface area contributed by atoms with E-state index in [1.54, 1.807) is 6.92 Å². The van der Waals surface area contributed by atoms with Crippen LogP contribution in [0.5, 0.6) is 0 Å². The predicted molar refractivity (Wildman–Crippen MR) is 40.8 cm³/mol. The Morgan fingerprint density at radius 2 is 2.42 bits per heavy atom. The first-order valence-electron chi connectivity index (χ1n) is 3.51. The Labute approximate surface area is 67.9 Å². The number of carbonyl (C=O) groups is 1. The third kappa shape index (κ3) is 0.761. The molecule has 0 spiro atoms. The average molecular weight is 165 g/mol. The molecule has 5 nitrogen and oxygen atoms in total. The second-order valence-electron chi connectivity index (χ2n) is 2.56. The van der Waals surface area contributed by atoms with Crippen LogP contribution in [-0.4, -0.2) is 20.8 Å². The average Bonchev–Trinajstić information content (AvgIpc) is 2.53. The first-order valence-corrected chi connectivity index (χ1v) is 3.51. The molecule has 2 aromatic rings. The number of hydrogen-bond donors (Lipinski definition) is 0. The molecule has 0 saturated heterocycles. The van der Waals surface area contributed by atoms with Gasteiger partial charge in [-0.3, -0.25) is 4.79 Å². The molecule has 62 valence electrons. The van der Waals surface area contributed by atoms with Crippen LogP contribution in [0, 0.1) is 6.92 Å². The van der Waals surface area contributed by atoms with E-state index in [1.807, 2.05) is 0 Å². The quantitative estimate of drug-likeness (QED) is 0.584. The van der Waals surface area contributed by atoms with Gasteiger partial charge in [0, 0.05) is 6.92 Å². The van der Waals surface area contributed by atoms with Crippen molar-refractivity contribution in [3.63, 3.8) is 0 Å². The van der Waals surface area contributed by atoms with Crippen molar-refractivity contribution in [3.05, 3.63) is 11.9 Å². The Morgan fingerprint density at radius 1 is 1.67 bits per heavy atom. The highest BCUT2D eigenvalue weighted by Crippen LogP contribution is 2.16. The zero-order valence-corrected chi connectivity index (χ0v) is 6.74. The Hall–Kier alpha value is -1.65. The van der Waals surface area contributed by atoms with Gasteiger partial charge in [0.05, 0.1) is 6.20 Å². The number of nitrogens with zero attached hydrogens (tertiary/aromatic N) is 3. The lowest BCUT2D eigenvalue weighted by molar-refractivity contribution is 0.0926. The number of fused-ring (bicyclic) bond motifs is 1. The van der Waals surface area contributed by atoms with Crippen LogP contribution in [0.4, 0.5) is 0 Å². The van der Waals surface area contributed by atoms with Crippen molar-refractivity contribution in [2.75, 3.05) is 0 Å². The zero-order valence-electron chi connectivity index (χ0n) is 6.74. The van der Waals surface area contributed by atoms with E-state index in [1.165, 1.54) is 17.8 Å². The van der Waals surface area contributed by atoms with E-state index in [0.717, 1.165) is 0 Å². The maximum atomic E-state index is 11.0. The van der Waals surface area contributed by atoms with E-state index in [0.29, 0.717) is 16.8 Å². The van der Waals surface area contributed by atoms with Gasteiger partial charge in [0.25, 0.3) is 0 Å². The Morgan fingerprint density at radius 3 is 3.08 bits per heavy atom. The summed E-state index contributed by atoms with van der Waals surface area (Å²) in [7, 11) is 0. The molecule has 2 rings (SSSR count). The van der Waals surface area contributed by atoms with E-state index in [4.69, 9.17) is 4.52 Å². The summed E-state index contributed by atoms with van der Waals surface area (Å²) < 4.78 is 6.17. The SMILES string of the molecule is CC(=O)n1ncc2onc(C)c21. The van der Waals surface area contributed by atoms with Crippen LogP contribution in [0.3, 0.4) is 0 Å². The van der Waals surface area contributed by atoms with Crippen LogP contribution in [0.15, 0.2) is 10.7 Å². The van der Waals surface area contributed by atoms with E-state index in [2.05, 4.69) is 10.3 Å². The Kier molecular flexibility index (Phi) is 1.27. The first-order chi connectivity index (χ1) is 5.70. The van der Waals surface area contributed by atoms with Crippen molar-refractivity contribution in [1.29, 1.82) is 0 Å². The van der Waals surface area contributed by atoms with Gasteiger partial charge >= 0.3 is 0 Å². The third-order valence-electron chi connectivity index (χ3n) is 1.66. The molecular formula is C7H7N3O2. The number of rotatable bonds is 0. The lowest BCUT2D eigenvalue weighted by Gasteiger charge is -1.92. The van der Waals surface area contributed by atoms with Crippen LogP contribution < -0.4 is 0 Å². The fourth-order valence-corrected chi connectivity index (χ4v) is 1.13. The molecular weight excluding hydrogens is 158 g/mol. The minimum Gasteiger partial charge on any atom is -0.353 e. The van der Waals surface area contributed by atoms with E-state index in [9.17, 15) is 4.79 Å². The predicted octanol–water partition coefficient (Wildman–Crippen LogP) is 0.993. The van der Waals surface area contributed by atoms with E-state index < -0.39 is 0 Å². The van der Waals surface area contributed by atoms with E-state index in [-0.39, 0.29) is 5.91 Å². The Balaban J connectivity index is 2.83. The van der Waals surface area contributed by atoms with Gasteiger partial charge in [0.1, 0.15) is 11.2 Å². The van der Waals surface area contributed by atoms with Gasteiger partial charge < -0.3 is 4.52 Å². The van der Waals surface area contributed by atoms with Crippen LogP contribution >= 0.6 is 0 Å². The maximum absolute atomic E-state index is 11.0. The summed E-state index contributed by atoms with van der Waals surface area (Å²) in [5.41, 5.74) is 1.88. The second-order valence-corrected chi connectivity index (χ2v) is 2.56. The van der Waals surface area contributed by atoms with Crippen molar-refractivity contribution in [1.82, 2.24) is 14.9 Å². The molecule has 0 unspecified atom stereocenters. The second kappa shape index (κ2) is 2.17. The molecule has 0 aliphatic rings. The van der Waals surface area contributed by atoms with E-state index >= 15 is 0 Å². The van der Waals surface area contributed by atoms with Crippen molar-refractivity contribution in [2.45, 2.75) is 13.8 Å². The summed E-state index contributed by atoms with van der Waals surface area (Å²) in [5.74, 6) is -0.142. The molecule has 0 fully saturated rings. The van der Waals surface area contributed by atoms with Gasteiger partial charge in [0.2, 0.25) is 11.5 Å². The van der Waals surface area contributed by atoms with Crippen molar-refractivity contribution in [2.24, 2.45) is 0 Å². The molecule has 0 radical (unpaired) electrons. The normalized spacial score (nSPS) is 10.8. The molecule has 0 aliphatic heterocycles. The van der Waals surface area contributed by atoms with Crippen LogP contribution in [-0.2, 0) is 0 Å².